The highest BCUT2D eigenvalue weighted by molar-refractivity contribution is 5.78. The van der Waals surface area contributed by atoms with E-state index in [0.717, 1.165) is 0 Å². The lowest BCUT2D eigenvalue weighted by Crippen LogP contribution is -2.18. The van der Waals surface area contributed by atoms with Gasteiger partial charge in [0.15, 0.2) is 0 Å². The van der Waals surface area contributed by atoms with Crippen LogP contribution in [0.2, 0.25) is 0 Å². The van der Waals surface area contributed by atoms with Crippen molar-refractivity contribution in [2.45, 2.75) is 19.3 Å². The molecule has 0 unspecified atom stereocenters. The molecule has 16 heavy (non-hydrogen) atoms. The van der Waals surface area contributed by atoms with E-state index in [1.54, 1.807) is 12.1 Å². The fourth-order valence-corrected chi connectivity index (χ4v) is 1.78. The third-order valence-corrected chi connectivity index (χ3v) is 3.10. The van der Waals surface area contributed by atoms with Crippen molar-refractivity contribution in [3.05, 3.63) is 29.6 Å². The van der Waals surface area contributed by atoms with Crippen molar-refractivity contribution in [1.82, 2.24) is 0 Å². The van der Waals surface area contributed by atoms with Crippen molar-refractivity contribution in [1.29, 1.82) is 0 Å². The zero-order chi connectivity index (χ0) is 11.8. The maximum absolute atomic E-state index is 13.6. The summed E-state index contributed by atoms with van der Waals surface area (Å²) in [6.07, 6.45) is 1.53. The van der Waals surface area contributed by atoms with Gasteiger partial charge in [-0.3, -0.25) is 4.79 Å². The molecule has 1 saturated carbocycles. The van der Waals surface area contributed by atoms with Gasteiger partial charge in [-0.1, -0.05) is 6.07 Å². The molecule has 1 aromatic carbocycles. The van der Waals surface area contributed by atoms with E-state index in [1.165, 1.54) is 13.2 Å². The average Bonchev–Trinajstić information content (AvgIpc) is 3.02. The second-order valence-electron chi connectivity index (χ2n) is 4.22. The largest absolute Gasteiger partial charge is 0.497 e. The number of benzene rings is 1. The van der Waals surface area contributed by atoms with Gasteiger partial charge < -0.3 is 9.84 Å². The normalized spacial score (nSPS) is 16.9. The first kappa shape index (κ1) is 10.9. The van der Waals surface area contributed by atoms with Crippen LogP contribution in [0.4, 0.5) is 4.39 Å². The molecule has 1 aromatic rings. The Morgan fingerprint density at radius 1 is 1.56 bits per heavy atom. The standard InChI is InChI=1S/C12H13FO3/c1-16-9-3-2-8(10(13)6-9)7-12(4-5-12)11(14)15/h2-3,6H,4-5,7H2,1H3,(H,14,15). The molecular weight excluding hydrogens is 211 g/mol. The van der Waals surface area contributed by atoms with Gasteiger partial charge in [0, 0.05) is 6.07 Å². The molecule has 2 rings (SSSR count). The fourth-order valence-electron chi connectivity index (χ4n) is 1.78. The second kappa shape index (κ2) is 3.77. The predicted molar refractivity (Wildman–Crippen MR) is 56.0 cm³/mol. The number of carboxylic acids is 1. The van der Waals surface area contributed by atoms with Crippen LogP contribution in [0.15, 0.2) is 18.2 Å². The van der Waals surface area contributed by atoms with Gasteiger partial charge in [0.25, 0.3) is 0 Å². The summed E-state index contributed by atoms with van der Waals surface area (Å²) in [5.74, 6) is -0.781. The zero-order valence-corrected chi connectivity index (χ0v) is 9.00. The SMILES string of the molecule is COc1ccc(CC2(C(=O)O)CC2)c(F)c1. The molecule has 0 aliphatic heterocycles. The first-order chi connectivity index (χ1) is 7.57. The summed E-state index contributed by atoms with van der Waals surface area (Å²) in [4.78, 5) is 11.0. The van der Waals surface area contributed by atoms with Crippen LogP contribution >= 0.6 is 0 Å². The van der Waals surface area contributed by atoms with Crippen molar-refractivity contribution in [3.8, 4) is 5.75 Å². The number of ether oxygens (including phenoxy) is 1. The van der Waals surface area contributed by atoms with E-state index in [1.807, 2.05) is 0 Å². The molecule has 1 aliphatic carbocycles. The maximum atomic E-state index is 13.6. The van der Waals surface area contributed by atoms with Crippen LogP contribution in [-0.4, -0.2) is 18.2 Å². The number of carboxylic acid groups (broad SMARTS) is 1. The van der Waals surface area contributed by atoms with Crippen molar-refractivity contribution in [2.24, 2.45) is 5.41 Å². The monoisotopic (exact) mass is 224 g/mol. The molecule has 0 amide bonds. The summed E-state index contributed by atoms with van der Waals surface area (Å²) in [5.41, 5.74) is -0.282. The first-order valence-corrected chi connectivity index (χ1v) is 5.13. The zero-order valence-electron chi connectivity index (χ0n) is 9.00. The molecule has 0 radical (unpaired) electrons. The lowest BCUT2D eigenvalue weighted by atomic mass is 9.96. The smallest absolute Gasteiger partial charge is 0.309 e. The van der Waals surface area contributed by atoms with Crippen LogP contribution in [0.3, 0.4) is 0 Å². The van der Waals surface area contributed by atoms with E-state index >= 15 is 0 Å². The van der Waals surface area contributed by atoms with E-state index in [2.05, 4.69) is 0 Å². The molecule has 0 aromatic heterocycles. The highest BCUT2D eigenvalue weighted by Gasteiger charge is 2.50. The summed E-state index contributed by atoms with van der Waals surface area (Å²) in [6.45, 7) is 0. The Bertz CT molecular complexity index is 424. The van der Waals surface area contributed by atoms with E-state index in [4.69, 9.17) is 9.84 Å². The molecule has 3 nitrogen and oxygen atoms in total. The molecule has 1 N–H and O–H groups in total. The van der Waals surface area contributed by atoms with Gasteiger partial charge in [0.2, 0.25) is 0 Å². The molecular formula is C12H13FO3. The Balaban J connectivity index is 2.19. The fraction of sp³-hybridized carbons (Fsp3) is 0.417. The molecule has 0 heterocycles. The molecule has 86 valence electrons. The number of aliphatic carboxylic acids is 1. The van der Waals surface area contributed by atoms with Crippen LogP contribution in [0, 0.1) is 11.2 Å². The first-order valence-electron chi connectivity index (χ1n) is 5.13. The Hall–Kier alpha value is -1.58. The van der Waals surface area contributed by atoms with Gasteiger partial charge in [0.05, 0.1) is 12.5 Å². The summed E-state index contributed by atoms with van der Waals surface area (Å²) in [5, 5.41) is 9.01. The van der Waals surface area contributed by atoms with E-state index in [9.17, 15) is 9.18 Å². The van der Waals surface area contributed by atoms with Crippen LogP contribution < -0.4 is 4.74 Å². The number of methoxy groups -OCH3 is 1. The maximum Gasteiger partial charge on any atom is 0.309 e. The summed E-state index contributed by atoms with van der Waals surface area (Å²) in [7, 11) is 1.47. The summed E-state index contributed by atoms with van der Waals surface area (Å²) >= 11 is 0. The number of hydrogen-bond donors (Lipinski definition) is 1. The quantitative estimate of drug-likeness (QED) is 0.853. The molecule has 0 atom stereocenters. The predicted octanol–water partition coefficient (Wildman–Crippen LogP) is 2.24. The average molecular weight is 224 g/mol. The van der Waals surface area contributed by atoms with Crippen LogP contribution in [0.25, 0.3) is 0 Å². The van der Waals surface area contributed by atoms with Crippen molar-refractivity contribution < 1.29 is 19.0 Å². The Labute approximate surface area is 92.9 Å². The van der Waals surface area contributed by atoms with Crippen molar-refractivity contribution in [2.75, 3.05) is 7.11 Å². The summed E-state index contributed by atoms with van der Waals surface area (Å²) in [6, 6.07) is 4.53. The molecule has 1 fully saturated rings. The van der Waals surface area contributed by atoms with Gasteiger partial charge in [-0.25, -0.2) is 4.39 Å². The minimum atomic E-state index is -0.831. The Kier molecular flexibility index (Phi) is 2.58. The van der Waals surface area contributed by atoms with Crippen LogP contribution in [0.5, 0.6) is 5.75 Å². The lowest BCUT2D eigenvalue weighted by molar-refractivity contribution is -0.143. The number of hydrogen-bond acceptors (Lipinski definition) is 2. The van der Waals surface area contributed by atoms with Crippen molar-refractivity contribution >= 4 is 5.97 Å². The van der Waals surface area contributed by atoms with Gasteiger partial charge in [-0.15, -0.1) is 0 Å². The van der Waals surface area contributed by atoms with E-state index in [-0.39, 0.29) is 6.42 Å². The minimum absolute atomic E-state index is 0.262. The van der Waals surface area contributed by atoms with Crippen LogP contribution in [-0.2, 0) is 11.2 Å². The van der Waals surface area contributed by atoms with Crippen LogP contribution in [0.1, 0.15) is 18.4 Å². The molecule has 0 spiro atoms. The Morgan fingerprint density at radius 2 is 2.25 bits per heavy atom. The third kappa shape index (κ3) is 1.87. The summed E-state index contributed by atoms with van der Waals surface area (Å²) < 4.78 is 18.5. The van der Waals surface area contributed by atoms with Gasteiger partial charge in [0.1, 0.15) is 11.6 Å². The topological polar surface area (TPSA) is 46.5 Å². The third-order valence-electron chi connectivity index (χ3n) is 3.10. The van der Waals surface area contributed by atoms with E-state index in [0.29, 0.717) is 24.2 Å². The molecule has 1 aliphatic rings. The van der Waals surface area contributed by atoms with Gasteiger partial charge in [-0.05, 0) is 30.9 Å². The molecule has 4 heteroatoms. The lowest BCUT2D eigenvalue weighted by Gasteiger charge is -2.11. The second-order valence-corrected chi connectivity index (χ2v) is 4.22. The molecule has 0 bridgehead atoms. The number of carbonyl (C=O) groups is 1. The van der Waals surface area contributed by atoms with E-state index < -0.39 is 17.2 Å². The minimum Gasteiger partial charge on any atom is -0.497 e. The van der Waals surface area contributed by atoms with Crippen molar-refractivity contribution in [3.63, 3.8) is 0 Å². The highest BCUT2D eigenvalue weighted by Crippen LogP contribution is 2.48. The number of halogens is 1. The highest BCUT2D eigenvalue weighted by atomic mass is 19.1. The molecule has 0 saturated heterocycles. The Morgan fingerprint density at radius 3 is 2.69 bits per heavy atom. The van der Waals surface area contributed by atoms with Gasteiger partial charge in [-0.2, -0.15) is 0 Å². The van der Waals surface area contributed by atoms with Gasteiger partial charge >= 0.3 is 5.97 Å². The number of rotatable bonds is 4.